The number of methoxy groups -OCH3 is 1. The van der Waals surface area contributed by atoms with Gasteiger partial charge in [-0.2, -0.15) is 0 Å². The normalized spacial score (nSPS) is 12.7. The van der Waals surface area contributed by atoms with Crippen molar-refractivity contribution in [3.05, 3.63) is 29.8 Å². The van der Waals surface area contributed by atoms with Crippen LogP contribution in [0.15, 0.2) is 24.3 Å². The quantitative estimate of drug-likeness (QED) is 0.719. The zero-order valence-electron chi connectivity index (χ0n) is 12.7. The van der Waals surface area contributed by atoms with Gasteiger partial charge in [-0.1, -0.05) is 32.0 Å². The Morgan fingerprint density at radius 1 is 1.11 bits per heavy atom. The van der Waals surface area contributed by atoms with Gasteiger partial charge in [0.1, 0.15) is 5.75 Å². The van der Waals surface area contributed by atoms with E-state index in [0.29, 0.717) is 12.0 Å². The van der Waals surface area contributed by atoms with Crippen LogP contribution in [-0.2, 0) is 6.42 Å². The lowest BCUT2D eigenvalue weighted by Crippen LogP contribution is -2.38. The van der Waals surface area contributed by atoms with E-state index in [1.165, 1.54) is 5.56 Å². The fraction of sp³-hybridized carbons (Fsp3) is 0.625. The van der Waals surface area contributed by atoms with E-state index >= 15 is 0 Å². The van der Waals surface area contributed by atoms with E-state index in [1.807, 2.05) is 12.1 Å². The Morgan fingerprint density at radius 3 is 2.53 bits per heavy atom. The third kappa shape index (κ3) is 6.60. The molecule has 1 atom stereocenters. The highest BCUT2D eigenvalue weighted by Gasteiger charge is 2.04. The second-order valence-corrected chi connectivity index (χ2v) is 5.47. The lowest BCUT2D eigenvalue weighted by atomic mass is 10.1. The Kier molecular flexibility index (Phi) is 7.53. The molecule has 19 heavy (non-hydrogen) atoms. The van der Waals surface area contributed by atoms with Crippen molar-refractivity contribution in [1.29, 1.82) is 0 Å². The van der Waals surface area contributed by atoms with Crippen molar-refractivity contribution < 1.29 is 4.74 Å². The van der Waals surface area contributed by atoms with Crippen molar-refractivity contribution >= 4 is 0 Å². The topological polar surface area (TPSA) is 33.3 Å². The van der Waals surface area contributed by atoms with Crippen LogP contribution in [0.3, 0.4) is 0 Å². The minimum Gasteiger partial charge on any atom is -0.496 e. The minimum atomic E-state index is 0.494. The molecule has 108 valence electrons. The molecule has 1 unspecified atom stereocenters. The van der Waals surface area contributed by atoms with Gasteiger partial charge in [-0.25, -0.2) is 0 Å². The molecule has 3 heteroatoms. The largest absolute Gasteiger partial charge is 0.496 e. The third-order valence-corrected chi connectivity index (χ3v) is 3.08. The molecule has 1 aromatic carbocycles. The van der Waals surface area contributed by atoms with E-state index in [4.69, 9.17) is 4.74 Å². The van der Waals surface area contributed by atoms with Gasteiger partial charge in [0.25, 0.3) is 0 Å². The highest BCUT2D eigenvalue weighted by molar-refractivity contribution is 5.33. The molecule has 1 rings (SSSR count). The van der Waals surface area contributed by atoms with Gasteiger partial charge in [-0.05, 0) is 44.0 Å². The van der Waals surface area contributed by atoms with Crippen LogP contribution in [0.5, 0.6) is 5.75 Å². The van der Waals surface area contributed by atoms with Crippen LogP contribution in [0.4, 0.5) is 0 Å². The molecule has 0 heterocycles. The number of benzene rings is 1. The minimum absolute atomic E-state index is 0.494. The molecule has 0 aliphatic carbocycles. The molecule has 0 aliphatic rings. The van der Waals surface area contributed by atoms with Crippen LogP contribution >= 0.6 is 0 Å². The lowest BCUT2D eigenvalue weighted by Gasteiger charge is -2.16. The second-order valence-electron chi connectivity index (χ2n) is 5.47. The summed E-state index contributed by atoms with van der Waals surface area (Å²) in [6.45, 7) is 9.75. The van der Waals surface area contributed by atoms with Gasteiger partial charge in [0.2, 0.25) is 0 Å². The van der Waals surface area contributed by atoms with Crippen LogP contribution in [-0.4, -0.2) is 32.8 Å². The molecular weight excluding hydrogens is 236 g/mol. The van der Waals surface area contributed by atoms with Crippen LogP contribution in [0.2, 0.25) is 0 Å². The van der Waals surface area contributed by atoms with E-state index in [9.17, 15) is 0 Å². The fourth-order valence-electron chi connectivity index (χ4n) is 2.02. The molecule has 0 spiro atoms. The lowest BCUT2D eigenvalue weighted by molar-refractivity contribution is 0.408. The summed E-state index contributed by atoms with van der Waals surface area (Å²) in [5, 5.41) is 7.01. The molecule has 0 aromatic heterocycles. The summed E-state index contributed by atoms with van der Waals surface area (Å²) in [6.07, 6.45) is 0.999. The molecule has 0 amide bonds. The molecule has 0 radical (unpaired) electrons. The van der Waals surface area contributed by atoms with Gasteiger partial charge < -0.3 is 15.4 Å². The fourth-order valence-corrected chi connectivity index (χ4v) is 2.02. The Morgan fingerprint density at radius 2 is 1.84 bits per heavy atom. The van der Waals surface area contributed by atoms with Crippen molar-refractivity contribution in [2.75, 3.05) is 26.7 Å². The maximum atomic E-state index is 5.35. The Labute approximate surface area is 117 Å². The van der Waals surface area contributed by atoms with Crippen molar-refractivity contribution in [2.24, 2.45) is 5.92 Å². The van der Waals surface area contributed by atoms with Crippen molar-refractivity contribution in [3.8, 4) is 5.75 Å². The molecule has 0 saturated heterocycles. The summed E-state index contributed by atoms with van der Waals surface area (Å²) >= 11 is 0. The van der Waals surface area contributed by atoms with Crippen molar-refractivity contribution in [2.45, 2.75) is 33.2 Å². The number of rotatable bonds is 9. The van der Waals surface area contributed by atoms with Gasteiger partial charge in [-0.3, -0.25) is 0 Å². The molecule has 0 bridgehead atoms. The predicted octanol–water partition coefficient (Wildman–Crippen LogP) is 2.46. The summed E-state index contributed by atoms with van der Waals surface area (Å²) < 4.78 is 5.35. The SMILES string of the molecule is COc1ccccc1CCNC(C)CNCC(C)C. The first-order valence-corrected chi connectivity index (χ1v) is 7.19. The summed E-state index contributed by atoms with van der Waals surface area (Å²) in [4.78, 5) is 0. The van der Waals surface area contributed by atoms with E-state index in [2.05, 4.69) is 43.5 Å². The Bertz CT molecular complexity index is 352. The number of hydrogen-bond acceptors (Lipinski definition) is 3. The van der Waals surface area contributed by atoms with E-state index in [-0.39, 0.29) is 0 Å². The molecule has 1 aromatic rings. The van der Waals surface area contributed by atoms with Crippen LogP contribution in [0.25, 0.3) is 0 Å². The Hall–Kier alpha value is -1.06. The average Bonchev–Trinajstić information content (AvgIpc) is 2.39. The van der Waals surface area contributed by atoms with Gasteiger partial charge in [0.15, 0.2) is 0 Å². The second kappa shape index (κ2) is 8.94. The maximum absolute atomic E-state index is 5.35. The van der Waals surface area contributed by atoms with Crippen molar-refractivity contribution in [3.63, 3.8) is 0 Å². The molecule has 0 fully saturated rings. The van der Waals surface area contributed by atoms with Gasteiger partial charge in [0, 0.05) is 12.6 Å². The number of nitrogens with one attached hydrogen (secondary N) is 2. The summed E-state index contributed by atoms with van der Waals surface area (Å²) in [6, 6.07) is 8.71. The first kappa shape index (κ1) is 16.0. The molecule has 3 nitrogen and oxygen atoms in total. The molecule has 0 aliphatic heterocycles. The first-order valence-electron chi connectivity index (χ1n) is 7.19. The monoisotopic (exact) mass is 264 g/mol. The highest BCUT2D eigenvalue weighted by Crippen LogP contribution is 2.17. The number of para-hydroxylation sites is 1. The third-order valence-electron chi connectivity index (χ3n) is 3.08. The summed E-state index contributed by atoms with van der Waals surface area (Å²) in [5.74, 6) is 1.69. The number of hydrogen-bond donors (Lipinski definition) is 2. The smallest absolute Gasteiger partial charge is 0.122 e. The summed E-state index contributed by atoms with van der Waals surface area (Å²) in [7, 11) is 1.73. The van der Waals surface area contributed by atoms with Crippen LogP contribution in [0, 0.1) is 5.92 Å². The standard InChI is InChI=1S/C16H28N2O/c1-13(2)11-17-12-14(3)18-10-9-15-7-5-6-8-16(15)19-4/h5-8,13-14,17-18H,9-12H2,1-4H3. The zero-order valence-corrected chi connectivity index (χ0v) is 12.7. The highest BCUT2D eigenvalue weighted by atomic mass is 16.5. The average molecular weight is 264 g/mol. The van der Waals surface area contributed by atoms with E-state index < -0.39 is 0 Å². The van der Waals surface area contributed by atoms with Crippen LogP contribution < -0.4 is 15.4 Å². The maximum Gasteiger partial charge on any atom is 0.122 e. The summed E-state index contributed by atoms with van der Waals surface area (Å²) in [5.41, 5.74) is 1.26. The molecule has 0 saturated carbocycles. The van der Waals surface area contributed by atoms with E-state index in [0.717, 1.165) is 31.8 Å². The van der Waals surface area contributed by atoms with Gasteiger partial charge >= 0.3 is 0 Å². The van der Waals surface area contributed by atoms with Gasteiger partial charge in [0.05, 0.1) is 7.11 Å². The number of ether oxygens (including phenoxy) is 1. The van der Waals surface area contributed by atoms with Crippen LogP contribution in [0.1, 0.15) is 26.3 Å². The molecular formula is C16H28N2O. The van der Waals surface area contributed by atoms with Gasteiger partial charge in [-0.15, -0.1) is 0 Å². The predicted molar refractivity (Wildman–Crippen MR) is 81.9 cm³/mol. The van der Waals surface area contributed by atoms with E-state index in [1.54, 1.807) is 7.11 Å². The van der Waals surface area contributed by atoms with Crippen molar-refractivity contribution in [1.82, 2.24) is 10.6 Å². The zero-order chi connectivity index (χ0) is 14.1. The first-order chi connectivity index (χ1) is 9.13. The Balaban J connectivity index is 2.22. The molecule has 2 N–H and O–H groups in total.